The summed E-state index contributed by atoms with van der Waals surface area (Å²) in [6.45, 7) is 4.41. The first kappa shape index (κ1) is 17.6. The SMILES string of the molecule is CCCCCCCCCC(O)c1ccc(SCC)cc1. The number of hydrogen-bond acceptors (Lipinski definition) is 2. The lowest BCUT2D eigenvalue weighted by Gasteiger charge is -2.11. The third-order valence-electron chi connectivity index (χ3n) is 3.66. The minimum Gasteiger partial charge on any atom is -0.388 e. The third-order valence-corrected chi connectivity index (χ3v) is 4.55. The molecular weight excluding hydrogens is 264 g/mol. The van der Waals surface area contributed by atoms with E-state index < -0.39 is 0 Å². The van der Waals surface area contributed by atoms with Crippen LogP contribution in [-0.4, -0.2) is 10.9 Å². The predicted octanol–water partition coefficient (Wildman–Crippen LogP) is 5.97. The van der Waals surface area contributed by atoms with Crippen molar-refractivity contribution in [3.63, 3.8) is 0 Å². The molecule has 0 aliphatic heterocycles. The van der Waals surface area contributed by atoms with Crippen LogP contribution in [0, 0.1) is 0 Å². The predicted molar refractivity (Wildman–Crippen MR) is 90.4 cm³/mol. The quantitative estimate of drug-likeness (QED) is 0.400. The summed E-state index contributed by atoms with van der Waals surface area (Å²) in [5.74, 6) is 1.10. The van der Waals surface area contributed by atoms with Gasteiger partial charge in [-0.15, -0.1) is 11.8 Å². The molecular formula is C18H30OS. The molecule has 1 N–H and O–H groups in total. The van der Waals surface area contributed by atoms with Gasteiger partial charge in [-0.3, -0.25) is 0 Å². The Morgan fingerprint density at radius 2 is 1.50 bits per heavy atom. The van der Waals surface area contributed by atoms with Crippen LogP contribution in [0.5, 0.6) is 0 Å². The van der Waals surface area contributed by atoms with E-state index in [0.717, 1.165) is 24.2 Å². The van der Waals surface area contributed by atoms with Crippen molar-refractivity contribution in [2.45, 2.75) is 76.2 Å². The number of hydrogen-bond donors (Lipinski definition) is 1. The Morgan fingerprint density at radius 3 is 2.10 bits per heavy atom. The number of aliphatic hydroxyl groups excluding tert-OH is 1. The normalized spacial score (nSPS) is 12.6. The van der Waals surface area contributed by atoms with Gasteiger partial charge in [0.05, 0.1) is 6.10 Å². The molecule has 1 nitrogen and oxygen atoms in total. The summed E-state index contributed by atoms with van der Waals surface area (Å²) in [5.41, 5.74) is 1.07. The van der Waals surface area contributed by atoms with Crippen LogP contribution in [0.15, 0.2) is 29.2 Å². The van der Waals surface area contributed by atoms with Gasteiger partial charge in [0.15, 0.2) is 0 Å². The molecule has 114 valence electrons. The molecule has 0 saturated heterocycles. The molecule has 0 radical (unpaired) electrons. The Balaban J connectivity index is 2.17. The van der Waals surface area contributed by atoms with Crippen LogP contribution in [0.2, 0.25) is 0 Å². The zero-order valence-corrected chi connectivity index (χ0v) is 13.9. The molecule has 0 spiro atoms. The van der Waals surface area contributed by atoms with Gasteiger partial charge in [0.2, 0.25) is 0 Å². The molecule has 1 rings (SSSR count). The maximum absolute atomic E-state index is 10.2. The summed E-state index contributed by atoms with van der Waals surface area (Å²) in [4.78, 5) is 1.29. The summed E-state index contributed by atoms with van der Waals surface area (Å²) in [6, 6.07) is 8.39. The van der Waals surface area contributed by atoms with E-state index in [1.54, 1.807) is 0 Å². The molecule has 1 aromatic rings. The summed E-state index contributed by atoms with van der Waals surface area (Å²) in [7, 11) is 0. The van der Waals surface area contributed by atoms with Gasteiger partial charge in [0.1, 0.15) is 0 Å². The van der Waals surface area contributed by atoms with Crippen LogP contribution in [0.25, 0.3) is 0 Å². The molecule has 0 aliphatic rings. The Kier molecular flexibility index (Phi) is 9.86. The van der Waals surface area contributed by atoms with Crippen molar-refractivity contribution < 1.29 is 5.11 Å². The van der Waals surface area contributed by atoms with Crippen molar-refractivity contribution in [3.05, 3.63) is 29.8 Å². The number of aliphatic hydroxyl groups is 1. The second-order valence-electron chi connectivity index (χ2n) is 5.43. The fourth-order valence-corrected chi connectivity index (χ4v) is 3.08. The Bertz CT molecular complexity index is 334. The van der Waals surface area contributed by atoms with Crippen molar-refractivity contribution in [2.24, 2.45) is 0 Å². The molecule has 0 aliphatic carbocycles. The lowest BCUT2D eigenvalue weighted by Crippen LogP contribution is -1.97. The van der Waals surface area contributed by atoms with E-state index in [-0.39, 0.29) is 6.10 Å². The molecule has 0 bridgehead atoms. The fraction of sp³-hybridized carbons (Fsp3) is 0.667. The highest BCUT2D eigenvalue weighted by Gasteiger charge is 2.07. The van der Waals surface area contributed by atoms with Gasteiger partial charge in [0.25, 0.3) is 0 Å². The van der Waals surface area contributed by atoms with E-state index in [4.69, 9.17) is 0 Å². The molecule has 0 saturated carbocycles. The summed E-state index contributed by atoms with van der Waals surface area (Å²) >= 11 is 1.84. The van der Waals surface area contributed by atoms with Crippen molar-refractivity contribution in [1.29, 1.82) is 0 Å². The average molecular weight is 295 g/mol. The molecule has 1 unspecified atom stereocenters. The van der Waals surface area contributed by atoms with Gasteiger partial charge in [0, 0.05) is 4.90 Å². The van der Waals surface area contributed by atoms with Gasteiger partial charge < -0.3 is 5.11 Å². The van der Waals surface area contributed by atoms with Gasteiger partial charge in [-0.1, -0.05) is 70.9 Å². The van der Waals surface area contributed by atoms with Crippen LogP contribution in [0.3, 0.4) is 0 Å². The van der Waals surface area contributed by atoms with Crippen molar-refractivity contribution >= 4 is 11.8 Å². The highest BCUT2D eigenvalue weighted by atomic mass is 32.2. The van der Waals surface area contributed by atoms with Crippen LogP contribution in [-0.2, 0) is 0 Å². The van der Waals surface area contributed by atoms with E-state index in [9.17, 15) is 5.11 Å². The van der Waals surface area contributed by atoms with Crippen LogP contribution in [0.1, 0.15) is 76.9 Å². The first-order valence-electron chi connectivity index (χ1n) is 8.18. The fourth-order valence-electron chi connectivity index (χ4n) is 2.41. The standard InChI is InChI=1S/C18H30OS/c1-3-5-6-7-8-9-10-11-18(19)16-12-14-17(15-13-16)20-4-2/h12-15,18-19H,3-11H2,1-2H3. The topological polar surface area (TPSA) is 20.2 Å². The van der Waals surface area contributed by atoms with E-state index >= 15 is 0 Å². The van der Waals surface area contributed by atoms with E-state index in [1.165, 1.54) is 43.4 Å². The first-order valence-corrected chi connectivity index (χ1v) is 9.17. The molecule has 1 aromatic carbocycles. The van der Waals surface area contributed by atoms with E-state index in [2.05, 4.69) is 38.1 Å². The average Bonchev–Trinajstić information content (AvgIpc) is 2.47. The molecule has 20 heavy (non-hydrogen) atoms. The van der Waals surface area contributed by atoms with Crippen molar-refractivity contribution in [2.75, 3.05) is 5.75 Å². The monoisotopic (exact) mass is 294 g/mol. The van der Waals surface area contributed by atoms with Gasteiger partial charge >= 0.3 is 0 Å². The minimum atomic E-state index is -0.286. The summed E-state index contributed by atoms with van der Waals surface area (Å²) < 4.78 is 0. The largest absolute Gasteiger partial charge is 0.388 e. The van der Waals surface area contributed by atoms with Crippen molar-refractivity contribution in [1.82, 2.24) is 0 Å². The molecule has 1 atom stereocenters. The highest BCUT2D eigenvalue weighted by molar-refractivity contribution is 7.99. The van der Waals surface area contributed by atoms with E-state index in [0.29, 0.717) is 0 Å². The minimum absolute atomic E-state index is 0.286. The molecule has 0 amide bonds. The molecule has 0 heterocycles. The lowest BCUT2D eigenvalue weighted by atomic mass is 10.0. The van der Waals surface area contributed by atoms with Crippen LogP contribution < -0.4 is 0 Å². The van der Waals surface area contributed by atoms with Gasteiger partial charge in [-0.2, -0.15) is 0 Å². The molecule has 0 aromatic heterocycles. The zero-order valence-electron chi connectivity index (χ0n) is 13.1. The Morgan fingerprint density at radius 1 is 0.900 bits per heavy atom. The third kappa shape index (κ3) is 7.35. The lowest BCUT2D eigenvalue weighted by molar-refractivity contribution is 0.163. The smallest absolute Gasteiger partial charge is 0.0790 e. The molecule has 2 heteroatoms. The first-order chi connectivity index (χ1) is 9.77. The van der Waals surface area contributed by atoms with E-state index in [1.807, 2.05) is 11.8 Å². The van der Waals surface area contributed by atoms with Gasteiger partial charge in [-0.05, 0) is 29.9 Å². The summed E-state index contributed by atoms with van der Waals surface area (Å²) in [5, 5.41) is 10.2. The number of rotatable bonds is 11. The second-order valence-corrected chi connectivity index (χ2v) is 6.77. The Labute approximate surface area is 129 Å². The van der Waals surface area contributed by atoms with Gasteiger partial charge in [-0.25, -0.2) is 0 Å². The number of thioether (sulfide) groups is 1. The maximum Gasteiger partial charge on any atom is 0.0790 e. The number of unbranched alkanes of at least 4 members (excludes halogenated alkanes) is 6. The van der Waals surface area contributed by atoms with Crippen LogP contribution >= 0.6 is 11.8 Å². The van der Waals surface area contributed by atoms with Crippen molar-refractivity contribution in [3.8, 4) is 0 Å². The Hall–Kier alpha value is -0.470. The maximum atomic E-state index is 10.2. The second kappa shape index (κ2) is 11.2. The summed E-state index contributed by atoms with van der Waals surface area (Å²) in [6.07, 6.45) is 9.72. The number of benzene rings is 1. The van der Waals surface area contributed by atoms with Crippen LogP contribution in [0.4, 0.5) is 0 Å². The zero-order chi connectivity index (χ0) is 14.6. The highest BCUT2D eigenvalue weighted by Crippen LogP contribution is 2.24. The molecule has 0 fully saturated rings.